The van der Waals surface area contributed by atoms with Crippen LogP contribution in [-0.4, -0.2) is 25.4 Å². The molecule has 0 radical (unpaired) electrons. The third kappa shape index (κ3) is 4.01. The topological polar surface area (TPSA) is 91.6 Å². The van der Waals surface area contributed by atoms with Crippen molar-refractivity contribution in [3.8, 4) is 17.2 Å². The molecule has 1 atom stereocenters. The Morgan fingerprint density at radius 2 is 1.90 bits per heavy atom. The van der Waals surface area contributed by atoms with Gasteiger partial charge in [-0.05, 0) is 35.9 Å². The number of fused-ring (bicyclic) bond motifs is 1. The molecular formula is C21H14BrN5OS. The molecule has 1 N–H and O–H groups in total. The third-order valence-electron chi connectivity index (χ3n) is 4.26. The molecule has 0 fully saturated rings. The van der Waals surface area contributed by atoms with Crippen molar-refractivity contribution in [2.24, 2.45) is 0 Å². The van der Waals surface area contributed by atoms with E-state index in [1.807, 2.05) is 42.5 Å². The summed E-state index contributed by atoms with van der Waals surface area (Å²) in [6, 6.07) is 18.9. The summed E-state index contributed by atoms with van der Waals surface area (Å²) in [6.07, 6.45) is 3.29. The summed E-state index contributed by atoms with van der Waals surface area (Å²) in [6.45, 7) is 0. The SMILES string of the molecule is CS(=O)c1cccc(Nc2ncc3cc(-c4ccccc4Br)c(C#N)nc3n2)c1. The van der Waals surface area contributed by atoms with E-state index in [0.29, 0.717) is 16.5 Å². The van der Waals surface area contributed by atoms with Gasteiger partial charge in [0, 0.05) is 49.3 Å². The first-order valence-corrected chi connectivity index (χ1v) is 10.9. The number of benzene rings is 2. The van der Waals surface area contributed by atoms with Crippen molar-refractivity contribution in [2.75, 3.05) is 11.6 Å². The number of nitrogens with one attached hydrogen (secondary N) is 1. The van der Waals surface area contributed by atoms with Gasteiger partial charge in [0.2, 0.25) is 5.95 Å². The smallest absolute Gasteiger partial charge is 0.229 e. The van der Waals surface area contributed by atoms with Crippen LogP contribution in [0, 0.1) is 11.3 Å². The fourth-order valence-corrected chi connectivity index (χ4v) is 3.94. The summed E-state index contributed by atoms with van der Waals surface area (Å²) >= 11 is 3.52. The largest absolute Gasteiger partial charge is 0.324 e. The first kappa shape index (κ1) is 19.2. The molecule has 6 nitrogen and oxygen atoms in total. The Balaban J connectivity index is 1.75. The monoisotopic (exact) mass is 463 g/mol. The van der Waals surface area contributed by atoms with Gasteiger partial charge >= 0.3 is 0 Å². The highest BCUT2D eigenvalue weighted by molar-refractivity contribution is 9.10. The van der Waals surface area contributed by atoms with Gasteiger partial charge in [-0.25, -0.2) is 9.97 Å². The average molecular weight is 464 g/mol. The van der Waals surface area contributed by atoms with Crippen LogP contribution in [0.1, 0.15) is 5.69 Å². The summed E-state index contributed by atoms with van der Waals surface area (Å²) in [5, 5.41) is 13.4. The Morgan fingerprint density at radius 1 is 1.07 bits per heavy atom. The molecule has 4 aromatic rings. The van der Waals surface area contributed by atoms with Gasteiger partial charge in [0.05, 0.1) is 0 Å². The first-order valence-electron chi connectivity index (χ1n) is 8.58. The van der Waals surface area contributed by atoms with Crippen LogP contribution in [0.2, 0.25) is 0 Å². The molecule has 0 aliphatic heterocycles. The lowest BCUT2D eigenvalue weighted by atomic mass is 10.0. The van der Waals surface area contributed by atoms with Crippen LogP contribution in [0.25, 0.3) is 22.2 Å². The Morgan fingerprint density at radius 3 is 2.66 bits per heavy atom. The highest BCUT2D eigenvalue weighted by atomic mass is 79.9. The summed E-state index contributed by atoms with van der Waals surface area (Å²) in [4.78, 5) is 13.9. The van der Waals surface area contributed by atoms with Gasteiger partial charge in [0.25, 0.3) is 0 Å². The molecule has 0 saturated heterocycles. The van der Waals surface area contributed by atoms with Gasteiger partial charge in [0.1, 0.15) is 6.07 Å². The molecule has 0 saturated carbocycles. The predicted octanol–water partition coefficient (Wildman–Crippen LogP) is 4.81. The third-order valence-corrected chi connectivity index (χ3v) is 5.87. The number of hydrogen-bond acceptors (Lipinski definition) is 6. The second-order valence-corrected chi connectivity index (χ2v) is 8.42. The maximum Gasteiger partial charge on any atom is 0.229 e. The zero-order valence-electron chi connectivity index (χ0n) is 15.3. The lowest BCUT2D eigenvalue weighted by Crippen LogP contribution is -2.00. The minimum atomic E-state index is -1.08. The molecule has 29 heavy (non-hydrogen) atoms. The standard InChI is InChI=1S/C21H14BrN5OS/c1-29(28)15-6-4-5-14(10-15)25-21-24-12-13-9-17(16-7-2-3-8-18(16)22)19(11-23)26-20(13)27-21/h2-10,12H,1H3,(H,24,25,26,27). The molecule has 2 aromatic heterocycles. The van der Waals surface area contributed by atoms with Crippen LogP contribution in [0.15, 0.2) is 70.2 Å². The molecule has 2 aromatic carbocycles. The van der Waals surface area contributed by atoms with Crippen molar-refractivity contribution < 1.29 is 4.21 Å². The number of nitrogens with zero attached hydrogens (tertiary/aromatic N) is 4. The number of nitriles is 1. The molecule has 142 valence electrons. The molecule has 0 spiro atoms. The molecule has 4 rings (SSSR count). The second-order valence-electron chi connectivity index (χ2n) is 6.19. The fourth-order valence-electron chi connectivity index (χ4n) is 2.88. The maximum atomic E-state index is 11.7. The summed E-state index contributed by atoms with van der Waals surface area (Å²) < 4.78 is 12.6. The van der Waals surface area contributed by atoms with E-state index in [1.165, 1.54) is 0 Å². The molecule has 8 heteroatoms. The van der Waals surface area contributed by atoms with E-state index in [1.54, 1.807) is 24.6 Å². The summed E-state index contributed by atoms with van der Waals surface area (Å²) in [5.41, 5.74) is 3.03. The van der Waals surface area contributed by atoms with Crippen LogP contribution in [-0.2, 0) is 10.8 Å². The number of anilines is 2. The minimum absolute atomic E-state index is 0.289. The van der Waals surface area contributed by atoms with Crippen molar-refractivity contribution in [1.29, 1.82) is 5.26 Å². The number of hydrogen-bond donors (Lipinski definition) is 1. The Kier molecular flexibility index (Phi) is 5.34. The van der Waals surface area contributed by atoms with E-state index >= 15 is 0 Å². The lowest BCUT2D eigenvalue weighted by molar-refractivity contribution is 0.687. The molecule has 0 aliphatic carbocycles. The van der Waals surface area contributed by atoms with Crippen molar-refractivity contribution in [3.63, 3.8) is 0 Å². The zero-order valence-corrected chi connectivity index (χ0v) is 17.7. The van der Waals surface area contributed by atoms with Crippen LogP contribution < -0.4 is 5.32 Å². The van der Waals surface area contributed by atoms with Crippen LogP contribution in [0.3, 0.4) is 0 Å². The van der Waals surface area contributed by atoms with Gasteiger partial charge in [-0.15, -0.1) is 0 Å². The fraction of sp³-hybridized carbons (Fsp3) is 0.0476. The van der Waals surface area contributed by atoms with E-state index < -0.39 is 10.8 Å². The highest BCUT2D eigenvalue weighted by Gasteiger charge is 2.13. The van der Waals surface area contributed by atoms with E-state index in [4.69, 9.17) is 0 Å². The zero-order chi connectivity index (χ0) is 20.4. The quantitative estimate of drug-likeness (QED) is 0.466. The van der Waals surface area contributed by atoms with Crippen molar-refractivity contribution >= 4 is 49.4 Å². The molecule has 2 heterocycles. The second kappa shape index (κ2) is 8.07. The van der Waals surface area contributed by atoms with E-state index in [9.17, 15) is 9.47 Å². The summed E-state index contributed by atoms with van der Waals surface area (Å²) in [5.74, 6) is 0.349. The Labute approximate surface area is 178 Å². The van der Waals surface area contributed by atoms with Gasteiger partial charge in [-0.3, -0.25) is 4.21 Å². The van der Waals surface area contributed by atoms with Crippen LogP contribution in [0.5, 0.6) is 0 Å². The number of halogens is 1. The van der Waals surface area contributed by atoms with Gasteiger partial charge in [0.15, 0.2) is 11.3 Å². The number of pyridine rings is 1. The Hall–Kier alpha value is -3.15. The normalized spacial score (nSPS) is 11.8. The van der Waals surface area contributed by atoms with Crippen molar-refractivity contribution in [1.82, 2.24) is 15.0 Å². The summed E-state index contributed by atoms with van der Waals surface area (Å²) in [7, 11) is -1.08. The van der Waals surface area contributed by atoms with Crippen LogP contribution in [0.4, 0.5) is 11.6 Å². The maximum absolute atomic E-state index is 11.7. The van der Waals surface area contributed by atoms with E-state index in [2.05, 4.69) is 42.3 Å². The molecule has 1 unspecified atom stereocenters. The molecular weight excluding hydrogens is 450 g/mol. The first-order chi connectivity index (χ1) is 14.0. The van der Waals surface area contributed by atoms with Crippen molar-refractivity contribution in [2.45, 2.75) is 4.90 Å². The van der Waals surface area contributed by atoms with Crippen molar-refractivity contribution in [3.05, 3.63) is 71.0 Å². The number of rotatable bonds is 4. The van der Waals surface area contributed by atoms with E-state index in [-0.39, 0.29) is 5.69 Å². The molecule has 0 aliphatic rings. The lowest BCUT2D eigenvalue weighted by Gasteiger charge is -2.09. The molecule has 0 amide bonds. The predicted molar refractivity (Wildman–Crippen MR) is 117 cm³/mol. The minimum Gasteiger partial charge on any atom is -0.324 e. The highest BCUT2D eigenvalue weighted by Crippen LogP contribution is 2.31. The van der Waals surface area contributed by atoms with Gasteiger partial charge < -0.3 is 5.32 Å². The van der Waals surface area contributed by atoms with E-state index in [0.717, 1.165) is 26.7 Å². The number of aromatic nitrogens is 3. The van der Waals surface area contributed by atoms with Gasteiger partial charge in [-0.2, -0.15) is 10.2 Å². The Bertz CT molecular complexity index is 1300. The van der Waals surface area contributed by atoms with Gasteiger partial charge in [-0.1, -0.05) is 40.2 Å². The van der Waals surface area contributed by atoms with Crippen LogP contribution >= 0.6 is 15.9 Å². The average Bonchev–Trinajstić information content (AvgIpc) is 2.73. The molecule has 0 bridgehead atoms.